The number of ketones is 1. The van der Waals surface area contributed by atoms with E-state index < -0.39 is 24.3 Å². The maximum absolute atomic E-state index is 12.0. The van der Waals surface area contributed by atoms with Gasteiger partial charge in [-0.2, -0.15) is 5.01 Å². The number of carbonyl (C=O) groups is 3. The summed E-state index contributed by atoms with van der Waals surface area (Å²) in [7, 11) is 0. The average Bonchev–Trinajstić information content (AvgIpc) is 2.68. The summed E-state index contributed by atoms with van der Waals surface area (Å²) >= 11 is 0. The van der Waals surface area contributed by atoms with Crippen LogP contribution in [0.25, 0.3) is 0 Å². The summed E-state index contributed by atoms with van der Waals surface area (Å²) in [6, 6.07) is -1.42. The average molecular weight is 280 g/mol. The monoisotopic (exact) mass is 280 g/mol. The second kappa shape index (κ2) is 5.77. The van der Waals surface area contributed by atoms with Crippen molar-refractivity contribution < 1.29 is 23.9 Å². The molecule has 2 amide bonds. The van der Waals surface area contributed by atoms with E-state index in [1.54, 1.807) is 32.1 Å². The molecule has 7 heteroatoms. The largest absolute Gasteiger partial charge is 0.448 e. The summed E-state index contributed by atoms with van der Waals surface area (Å²) in [5.74, 6) is -0.288. The van der Waals surface area contributed by atoms with E-state index in [0.29, 0.717) is 0 Å². The third kappa shape index (κ3) is 2.38. The lowest BCUT2D eigenvalue weighted by Gasteiger charge is -2.40. The van der Waals surface area contributed by atoms with Crippen LogP contribution in [0.1, 0.15) is 13.8 Å². The Kier molecular flexibility index (Phi) is 4.07. The molecule has 2 atom stereocenters. The van der Waals surface area contributed by atoms with Gasteiger partial charge in [-0.05, 0) is 19.9 Å². The van der Waals surface area contributed by atoms with Crippen LogP contribution in [0.4, 0.5) is 9.59 Å². The molecule has 2 aliphatic heterocycles. The van der Waals surface area contributed by atoms with Gasteiger partial charge in [-0.15, -0.1) is 0 Å². The fraction of sp³-hybridized carbons (Fsp3) is 0.462. The normalized spacial score (nSPS) is 23.8. The van der Waals surface area contributed by atoms with Gasteiger partial charge in [0.05, 0.1) is 19.3 Å². The predicted molar refractivity (Wildman–Crippen MR) is 68.6 cm³/mol. The van der Waals surface area contributed by atoms with Gasteiger partial charge in [0, 0.05) is 0 Å². The van der Waals surface area contributed by atoms with Crippen LogP contribution in [0.3, 0.4) is 0 Å². The van der Waals surface area contributed by atoms with Gasteiger partial charge in [-0.1, -0.05) is 18.2 Å². The molecule has 20 heavy (non-hydrogen) atoms. The summed E-state index contributed by atoms with van der Waals surface area (Å²) in [6.07, 6.45) is 4.73. The Morgan fingerprint density at radius 3 is 2.25 bits per heavy atom. The van der Waals surface area contributed by atoms with Crippen molar-refractivity contribution in [3.05, 3.63) is 24.3 Å². The molecule has 0 saturated heterocycles. The minimum atomic E-state index is -0.881. The molecule has 2 heterocycles. The van der Waals surface area contributed by atoms with Gasteiger partial charge in [0.25, 0.3) is 0 Å². The first kappa shape index (κ1) is 14.1. The number of hydrogen-bond acceptors (Lipinski definition) is 5. The highest BCUT2D eigenvalue weighted by Crippen LogP contribution is 2.25. The number of hydrazine groups is 1. The van der Waals surface area contributed by atoms with Gasteiger partial charge in [0.1, 0.15) is 6.04 Å². The molecule has 0 unspecified atom stereocenters. The zero-order chi connectivity index (χ0) is 14.7. The Bertz CT molecular complexity index is 485. The summed E-state index contributed by atoms with van der Waals surface area (Å²) < 4.78 is 9.86. The van der Waals surface area contributed by atoms with E-state index in [1.165, 1.54) is 6.08 Å². The number of rotatable bonds is 2. The fourth-order valence-corrected chi connectivity index (χ4v) is 2.10. The molecule has 0 radical (unpaired) electrons. The zero-order valence-electron chi connectivity index (χ0n) is 11.3. The lowest BCUT2D eigenvalue weighted by molar-refractivity contribution is -0.123. The maximum atomic E-state index is 12.0. The van der Waals surface area contributed by atoms with Gasteiger partial charge in [0.15, 0.2) is 5.78 Å². The predicted octanol–water partition coefficient (Wildman–Crippen LogP) is 1.26. The SMILES string of the molecule is CCOC(=O)N1[C@@H]2C=CC(=O)[C@H](C=C2)N1C(=O)OCC. The molecule has 0 saturated carbocycles. The molecule has 2 bridgehead atoms. The molecule has 0 spiro atoms. The van der Waals surface area contributed by atoms with Gasteiger partial charge >= 0.3 is 12.2 Å². The van der Waals surface area contributed by atoms with E-state index in [1.807, 2.05) is 0 Å². The van der Waals surface area contributed by atoms with Crippen LogP contribution in [0.15, 0.2) is 24.3 Å². The quantitative estimate of drug-likeness (QED) is 0.712. The first-order chi connectivity index (χ1) is 9.60. The lowest BCUT2D eigenvalue weighted by atomic mass is 10.1. The highest BCUT2D eigenvalue weighted by atomic mass is 16.6. The number of nitrogens with zero attached hydrogens (tertiary/aromatic N) is 2. The molecule has 0 fully saturated rings. The van der Waals surface area contributed by atoms with Gasteiger partial charge in [-0.3, -0.25) is 4.79 Å². The number of carbonyl (C=O) groups excluding carboxylic acids is 3. The number of ether oxygens (including phenoxy) is 2. The van der Waals surface area contributed by atoms with Crippen molar-refractivity contribution in [2.45, 2.75) is 25.9 Å². The molecule has 0 aromatic rings. The van der Waals surface area contributed by atoms with Crippen molar-refractivity contribution in [1.82, 2.24) is 10.0 Å². The van der Waals surface area contributed by atoms with E-state index in [9.17, 15) is 14.4 Å². The smallest absolute Gasteiger partial charge is 0.429 e. The molecule has 3 aliphatic rings. The van der Waals surface area contributed by atoms with Gasteiger partial charge in [-0.25, -0.2) is 14.6 Å². The maximum Gasteiger partial charge on any atom is 0.429 e. The molecule has 108 valence electrons. The van der Waals surface area contributed by atoms with Gasteiger partial charge < -0.3 is 9.47 Å². The minimum absolute atomic E-state index is 0.148. The Hall–Kier alpha value is -2.31. The zero-order valence-corrected chi connectivity index (χ0v) is 11.3. The number of fused-ring (bicyclic) bond motifs is 2. The second-order valence-electron chi connectivity index (χ2n) is 4.17. The summed E-state index contributed by atoms with van der Waals surface area (Å²) in [6.45, 7) is 3.64. The fourth-order valence-electron chi connectivity index (χ4n) is 2.10. The Morgan fingerprint density at radius 2 is 1.65 bits per heavy atom. The molecule has 7 nitrogen and oxygen atoms in total. The minimum Gasteiger partial charge on any atom is -0.448 e. The van der Waals surface area contributed by atoms with E-state index in [0.717, 1.165) is 10.0 Å². The van der Waals surface area contributed by atoms with E-state index in [-0.39, 0.29) is 19.0 Å². The highest BCUT2D eigenvalue weighted by Gasteiger charge is 2.43. The topological polar surface area (TPSA) is 76.2 Å². The van der Waals surface area contributed by atoms with Crippen molar-refractivity contribution in [3.63, 3.8) is 0 Å². The van der Waals surface area contributed by atoms with Crippen molar-refractivity contribution >= 4 is 18.0 Å². The Morgan fingerprint density at radius 1 is 1.05 bits per heavy atom. The number of hydrogen-bond donors (Lipinski definition) is 0. The van der Waals surface area contributed by atoms with Crippen LogP contribution in [-0.4, -0.2) is 53.3 Å². The third-order valence-electron chi connectivity index (χ3n) is 2.93. The Labute approximate surface area is 116 Å². The Balaban J connectivity index is 2.37. The molecular formula is C13H16N2O5. The van der Waals surface area contributed by atoms with E-state index >= 15 is 0 Å². The first-order valence-electron chi connectivity index (χ1n) is 6.42. The lowest BCUT2D eigenvalue weighted by Crippen LogP contribution is -2.60. The van der Waals surface area contributed by atoms with Crippen molar-refractivity contribution in [1.29, 1.82) is 0 Å². The number of amides is 2. The first-order valence-corrected chi connectivity index (χ1v) is 6.42. The van der Waals surface area contributed by atoms with Crippen LogP contribution >= 0.6 is 0 Å². The molecule has 1 aliphatic carbocycles. The highest BCUT2D eigenvalue weighted by molar-refractivity contribution is 5.99. The molecule has 0 aromatic carbocycles. The van der Waals surface area contributed by atoms with Crippen molar-refractivity contribution in [2.75, 3.05) is 13.2 Å². The van der Waals surface area contributed by atoms with E-state index in [4.69, 9.17) is 9.47 Å². The van der Waals surface area contributed by atoms with E-state index in [2.05, 4.69) is 0 Å². The second-order valence-corrected chi connectivity index (χ2v) is 4.17. The standard InChI is InChI=1S/C13H16N2O5/c1-3-19-12(17)14-9-5-7-10(11(16)8-6-9)15(14)13(18)20-4-2/h5-10H,3-4H2,1-2H3/t9-,10-/m0/s1. The van der Waals surface area contributed by atoms with Crippen LogP contribution in [0.2, 0.25) is 0 Å². The molecule has 0 aromatic heterocycles. The van der Waals surface area contributed by atoms with Crippen LogP contribution in [-0.2, 0) is 14.3 Å². The summed E-state index contributed by atoms with van der Waals surface area (Å²) in [5, 5.41) is 2.11. The molecule has 0 N–H and O–H groups in total. The van der Waals surface area contributed by atoms with Crippen LogP contribution in [0.5, 0.6) is 0 Å². The van der Waals surface area contributed by atoms with Crippen LogP contribution in [0, 0.1) is 0 Å². The third-order valence-corrected chi connectivity index (χ3v) is 2.93. The summed E-state index contributed by atoms with van der Waals surface area (Å²) in [5.41, 5.74) is 0. The van der Waals surface area contributed by atoms with Crippen molar-refractivity contribution in [3.8, 4) is 0 Å². The molecule has 3 rings (SSSR count). The van der Waals surface area contributed by atoms with Gasteiger partial charge in [0.2, 0.25) is 0 Å². The molecular weight excluding hydrogens is 264 g/mol. The summed E-state index contributed by atoms with van der Waals surface area (Å²) in [4.78, 5) is 36.0. The van der Waals surface area contributed by atoms with Crippen LogP contribution < -0.4 is 0 Å². The van der Waals surface area contributed by atoms with Crippen molar-refractivity contribution in [2.24, 2.45) is 0 Å².